The Morgan fingerprint density at radius 2 is 1.92 bits per heavy atom. The van der Waals surface area contributed by atoms with Gasteiger partial charge in [0.2, 0.25) is 12.0 Å². The normalized spacial score (nSPS) is 8.23. The second-order valence-electron chi connectivity index (χ2n) is 2.72. The SMILES string of the molecule is CN(C)C=O.Cn1ccccc1=O. The van der Waals surface area contributed by atoms with Crippen LogP contribution >= 0.6 is 0 Å². The third kappa shape index (κ3) is 5.66. The molecule has 0 spiro atoms. The van der Waals surface area contributed by atoms with Crippen molar-refractivity contribution in [1.29, 1.82) is 0 Å². The molecule has 1 amide bonds. The molecule has 0 saturated carbocycles. The molecule has 0 N–H and O–H groups in total. The van der Waals surface area contributed by atoms with Crippen molar-refractivity contribution in [1.82, 2.24) is 9.47 Å². The third-order valence-corrected chi connectivity index (χ3v) is 1.22. The Morgan fingerprint density at radius 1 is 1.38 bits per heavy atom. The van der Waals surface area contributed by atoms with Gasteiger partial charge in [0.15, 0.2) is 0 Å². The van der Waals surface area contributed by atoms with Gasteiger partial charge in [-0.05, 0) is 6.07 Å². The number of hydrogen-bond donors (Lipinski definition) is 0. The third-order valence-electron chi connectivity index (χ3n) is 1.22. The van der Waals surface area contributed by atoms with Crippen LogP contribution in [0.25, 0.3) is 0 Å². The first-order chi connectivity index (χ1) is 6.07. The molecule has 0 atom stereocenters. The van der Waals surface area contributed by atoms with Crippen LogP contribution in [-0.4, -0.2) is 30.0 Å². The van der Waals surface area contributed by atoms with Gasteiger partial charge in [0.05, 0.1) is 0 Å². The Morgan fingerprint density at radius 3 is 2.15 bits per heavy atom. The summed E-state index contributed by atoms with van der Waals surface area (Å²) in [6, 6.07) is 5.07. The molecule has 0 fully saturated rings. The van der Waals surface area contributed by atoms with Gasteiger partial charge in [-0.2, -0.15) is 0 Å². The summed E-state index contributed by atoms with van der Waals surface area (Å²) in [7, 11) is 5.10. The minimum atomic E-state index is 0.0347. The minimum Gasteiger partial charge on any atom is -0.351 e. The van der Waals surface area contributed by atoms with Gasteiger partial charge in [-0.25, -0.2) is 0 Å². The van der Waals surface area contributed by atoms with Crippen LogP contribution in [0.5, 0.6) is 0 Å². The van der Waals surface area contributed by atoms with Crippen LogP contribution in [0.3, 0.4) is 0 Å². The number of aromatic nitrogens is 1. The fraction of sp³-hybridized carbons (Fsp3) is 0.333. The monoisotopic (exact) mass is 182 g/mol. The molecule has 0 unspecified atom stereocenters. The maximum Gasteiger partial charge on any atom is 0.250 e. The van der Waals surface area contributed by atoms with Gasteiger partial charge in [0, 0.05) is 33.4 Å². The molecule has 4 nitrogen and oxygen atoms in total. The summed E-state index contributed by atoms with van der Waals surface area (Å²) in [6.45, 7) is 0. The largest absolute Gasteiger partial charge is 0.351 e. The zero-order valence-corrected chi connectivity index (χ0v) is 8.10. The molecule has 0 saturated heterocycles. The van der Waals surface area contributed by atoms with Crippen LogP contribution < -0.4 is 5.56 Å². The molecule has 0 aliphatic carbocycles. The Labute approximate surface area is 77.4 Å². The summed E-state index contributed by atoms with van der Waals surface area (Å²) >= 11 is 0. The molecule has 0 aromatic carbocycles. The first kappa shape index (κ1) is 11.4. The maximum atomic E-state index is 10.6. The van der Waals surface area contributed by atoms with E-state index in [1.165, 1.54) is 15.5 Å². The van der Waals surface area contributed by atoms with Crippen molar-refractivity contribution in [2.75, 3.05) is 14.1 Å². The highest BCUT2D eigenvalue weighted by Crippen LogP contribution is 1.73. The van der Waals surface area contributed by atoms with Gasteiger partial charge in [-0.3, -0.25) is 9.59 Å². The fourth-order valence-corrected chi connectivity index (χ4v) is 0.508. The summed E-state index contributed by atoms with van der Waals surface area (Å²) in [5.74, 6) is 0. The van der Waals surface area contributed by atoms with Crippen molar-refractivity contribution in [2.24, 2.45) is 7.05 Å². The van der Waals surface area contributed by atoms with Crippen LogP contribution in [-0.2, 0) is 11.8 Å². The molecule has 0 aliphatic rings. The summed E-state index contributed by atoms with van der Waals surface area (Å²) < 4.78 is 1.53. The summed E-state index contributed by atoms with van der Waals surface area (Å²) in [4.78, 5) is 21.5. The average molecular weight is 182 g/mol. The lowest BCUT2D eigenvalue weighted by atomic mass is 10.5. The van der Waals surface area contributed by atoms with Crippen LogP contribution in [0.15, 0.2) is 29.2 Å². The minimum absolute atomic E-state index is 0.0347. The molecule has 0 bridgehead atoms. The van der Waals surface area contributed by atoms with Gasteiger partial charge >= 0.3 is 0 Å². The van der Waals surface area contributed by atoms with Gasteiger partial charge in [0.25, 0.3) is 0 Å². The Balaban J connectivity index is 0.000000252. The zero-order chi connectivity index (χ0) is 10.3. The highest BCUT2D eigenvalue weighted by atomic mass is 16.1. The fourth-order valence-electron chi connectivity index (χ4n) is 0.508. The Bertz CT molecular complexity index is 304. The second-order valence-corrected chi connectivity index (χ2v) is 2.72. The van der Waals surface area contributed by atoms with E-state index in [0.29, 0.717) is 0 Å². The number of aryl methyl sites for hydroxylation is 1. The summed E-state index contributed by atoms with van der Waals surface area (Å²) in [5, 5.41) is 0. The lowest BCUT2D eigenvalue weighted by Gasteiger charge is -1.93. The molecule has 72 valence electrons. The smallest absolute Gasteiger partial charge is 0.250 e. The standard InChI is InChI=1S/C6H7NO.C3H7NO/c1-7-5-3-2-4-6(7)8;1-4(2)3-5/h2-5H,1H3;3H,1-2H3. The van der Waals surface area contributed by atoms with E-state index in [1.807, 2.05) is 6.07 Å². The number of nitrogens with zero attached hydrogens (tertiary/aromatic N) is 2. The molecule has 1 aromatic heterocycles. The number of carbonyl (C=O) groups is 1. The first-order valence-corrected chi connectivity index (χ1v) is 3.81. The van der Waals surface area contributed by atoms with Crippen LogP contribution in [0, 0.1) is 0 Å². The van der Waals surface area contributed by atoms with Crippen LogP contribution in [0.2, 0.25) is 0 Å². The van der Waals surface area contributed by atoms with Crippen molar-refractivity contribution in [2.45, 2.75) is 0 Å². The average Bonchev–Trinajstić information content (AvgIpc) is 2.11. The molecular formula is C9H14N2O2. The number of rotatable bonds is 1. The molecule has 0 aliphatic heterocycles. The maximum absolute atomic E-state index is 10.6. The Kier molecular flexibility index (Phi) is 5.27. The van der Waals surface area contributed by atoms with Crippen molar-refractivity contribution >= 4 is 6.41 Å². The van der Waals surface area contributed by atoms with E-state index in [1.54, 1.807) is 33.4 Å². The molecular weight excluding hydrogens is 168 g/mol. The Hall–Kier alpha value is -1.58. The number of amides is 1. The van der Waals surface area contributed by atoms with E-state index in [0.717, 1.165) is 6.41 Å². The molecule has 1 aromatic rings. The second kappa shape index (κ2) is 5.99. The van der Waals surface area contributed by atoms with E-state index >= 15 is 0 Å². The topological polar surface area (TPSA) is 42.3 Å². The van der Waals surface area contributed by atoms with E-state index in [2.05, 4.69) is 0 Å². The molecule has 0 radical (unpaired) electrons. The van der Waals surface area contributed by atoms with Crippen molar-refractivity contribution in [3.05, 3.63) is 34.7 Å². The number of hydrogen-bond acceptors (Lipinski definition) is 2. The molecule has 13 heavy (non-hydrogen) atoms. The number of carbonyl (C=O) groups excluding carboxylic acids is 1. The highest BCUT2D eigenvalue weighted by Gasteiger charge is 1.79. The quantitative estimate of drug-likeness (QED) is 0.578. The highest BCUT2D eigenvalue weighted by molar-refractivity contribution is 5.45. The lowest BCUT2D eigenvalue weighted by Crippen LogP contribution is -2.12. The number of pyridine rings is 1. The van der Waals surface area contributed by atoms with Crippen LogP contribution in [0.4, 0.5) is 0 Å². The molecule has 4 heteroatoms. The van der Waals surface area contributed by atoms with Gasteiger partial charge < -0.3 is 9.47 Å². The zero-order valence-electron chi connectivity index (χ0n) is 8.10. The predicted molar refractivity (Wildman–Crippen MR) is 51.4 cm³/mol. The molecule has 1 heterocycles. The van der Waals surface area contributed by atoms with Gasteiger partial charge in [-0.15, -0.1) is 0 Å². The van der Waals surface area contributed by atoms with Gasteiger partial charge in [0.1, 0.15) is 0 Å². The first-order valence-electron chi connectivity index (χ1n) is 3.81. The van der Waals surface area contributed by atoms with E-state index in [9.17, 15) is 9.59 Å². The van der Waals surface area contributed by atoms with E-state index in [-0.39, 0.29) is 5.56 Å². The summed E-state index contributed by atoms with van der Waals surface area (Å²) in [5.41, 5.74) is 0.0347. The lowest BCUT2D eigenvalue weighted by molar-refractivity contribution is -0.115. The van der Waals surface area contributed by atoms with E-state index in [4.69, 9.17) is 0 Å². The van der Waals surface area contributed by atoms with Crippen molar-refractivity contribution in [3.8, 4) is 0 Å². The van der Waals surface area contributed by atoms with Crippen molar-refractivity contribution in [3.63, 3.8) is 0 Å². The summed E-state index contributed by atoms with van der Waals surface area (Å²) in [6.07, 6.45) is 2.47. The molecule has 1 rings (SSSR count). The predicted octanol–water partition coefficient (Wildman–Crippen LogP) is 0.0897. The van der Waals surface area contributed by atoms with E-state index < -0.39 is 0 Å². The van der Waals surface area contributed by atoms with Crippen LogP contribution in [0.1, 0.15) is 0 Å². The van der Waals surface area contributed by atoms with Gasteiger partial charge in [-0.1, -0.05) is 6.07 Å². The van der Waals surface area contributed by atoms with Crippen molar-refractivity contribution < 1.29 is 4.79 Å².